The van der Waals surface area contributed by atoms with Crippen LogP contribution in [0.25, 0.3) is 0 Å². The van der Waals surface area contributed by atoms with E-state index < -0.39 is 6.10 Å². The monoisotopic (exact) mass is 116 g/mol. The van der Waals surface area contributed by atoms with Crippen LogP contribution in [0.4, 0.5) is 0 Å². The van der Waals surface area contributed by atoms with Gasteiger partial charge in [-0.15, -0.1) is 0 Å². The van der Waals surface area contributed by atoms with Gasteiger partial charge in [0.25, 0.3) is 0 Å². The minimum Gasteiger partial charge on any atom is -0.385 e. The molecule has 46 valence electrons. The molecule has 0 bridgehead atoms. The zero-order valence-corrected chi connectivity index (χ0v) is 4.63. The predicted octanol–water partition coefficient (Wildman–Crippen LogP) is -0.475. The van der Waals surface area contributed by atoms with Crippen LogP contribution in [0.2, 0.25) is 0 Å². The van der Waals surface area contributed by atoms with Gasteiger partial charge in [-0.3, -0.25) is 4.79 Å². The third-order valence-electron chi connectivity index (χ3n) is 0.789. The number of Topliss-reactive ketones (excluding diaryl/α,β-unsaturated/α-hetero) is 1. The molecule has 0 fully saturated rings. The van der Waals surface area contributed by atoms with Crippen LogP contribution >= 0.6 is 0 Å². The van der Waals surface area contributed by atoms with E-state index >= 15 is 0 Å². The standard InChI is InChI=1S/C5H8O3/c1-4(7)5(8)2-3-6/h3,5,8H,2H2,1H3. The molecule has 0 heterocycles. The largest absolute Gasteiger partial charge is 0.385 e. The molecule has 0 aromatic carbocycles. The van der Waals surface area contributed by atoms with Crippen molar-refractivity contribution in [3.8, 4) is 0 Å². The van der Waals surface area contributed by atoms with E-state index in [9.17, 15) is 9.59 Å². The summed E-state index contributed by atoms with van der Waals surface area (Å²) in [5.74, 6) is -0.364. The Morgan fingerprint density at radius 1 is 1.88 bits per heavy atom. The highest BCUT2D eigenvalue weighted by Gasteiger charge is 2.06. The third-order valence-corrected chi connectivity index (χ3v) is 0.789. The van der Waals surface area contributed by atoms with Gasteiger partial charge in [0.15, 0.2) is 5.78 Å². The smallest absolute Gasteiger partial charge is 0.158 e. The summed E-state index contributed by atoms with van der Waals surface area (Å²) in [5.41, 5.74) is 0. The fourth-order valence-electron chi connectivity index (χ4n) is 0.257. The highest BCUT2D eigenvalue weighted by atomic mass is 16.3. The number of aliphatic hydroxyl groups excluding tert-OH is 1. The van der Waals surface area contributed by atoms with Crippen molar-refractivity contribution in [1.29, 1.82) is 0 Å². The van der Waals surface area contributed by atoms with Gasteiger partial charge in [-0.2, -0.15) is 0 Å². The Morgan fingerprint density at radius 2 is 2.38 bits per heavy atom. The zero-order chi connectivity index (χ0) is 6.57. The molecule has 1 unspecified atom stereocenters. The lowest BCUT2D eigenvalue weighted by Gasteiger charge is -1.97. The zero-order valence-electron chi connectivity index (χ0n) is 4.63. The van der Waals surface area contributed by atoms with Crippen LogP contribution in [0.1, 0.15) is 13.3 Å². The Bertz CT molecular complexity index is 97.8. The maximum Gasteiger partial charge on any atom is 0.158 e. The predicted molar refractivity (Wildman–Crippen MR) is 27.4 cm³/mol. The Morgan fingerprint density at radius 3 is 2.50 bits per heavy atom. The van der Waals surface area contributed by atoms with E-state index in [0.717, 1.165) is 0 Å². The fourth-order valence-corrected chi connectivity index (χ4v) is 0.257. The number of rotatable bonds is 3. The minimum atomic E-state index is -1.09. The maximum atomic E-state index is 10.1. The summed E-state index contributed by atoms with van der Waals surface area (Å²) in [6.07, 6.45) is -0.658. The molecule has 1 atom stereocenters. The van der Waals surface area contributed by atoms with E-state index in [1.54, 1.807) is 0 Å². The van der Waals surface area contributed by atoms with Crippen molar-refractivity contribution in [1.82, 2.24) is 0 Å². The number of ketones is 1. The van der Waals surface area contributed by atoms with Crippen LogP contribution in [0.3, 0.4) is 0 Å². The molecule has 0 rings (SSSR count). The maximum absolute atomic E-state index is 10.1. The number of carbonyl (C=O) groups excluding carboxylic acids is 2. The van der Waals surface area contributed by atoms with Crippen LogP contribution < -0.4 is 0 Å². The summed E-state index contributed by atoms with van der Waals surface area (Å²) >= 11 is 0. The summed E-state index contributed by atoms with van der Waals surface area (Å²) in [6, 6.07) is 0. The van der Waals surface area contributed by atoms with Gasteiger partial charge in [-0.1, -0.05) is 0 Å². The Kier molecular flexibility index (Phi) is 3.03. The second-order valence-corrected chi connectivity index (χ2v) is 1.53. The molecule has 3 nitrogen and oxygen atoms in total. The van der Waals surface area contributed by atoms with Crippen LogP contribution in [0, 0.1) is 0 Å². The normalized spacial score (nSPS) is 12.8. The first-order chi connectivity index (χ1) is 3.68. The molecule has 0 aliphatic carbocycles. The molecular weight excluding hydrogens is 108 g/mol. The molecule has 0 aliphatic rings. The average molecular weight is 116 g/mol. The van der Waals surface area contributed by atoms with E-state index in [4.69, 9.17) is 5.11 Å². The van der Waals surface area contributed by atoms with Crippen molar-refractivity contribution in [2.75, 3.05) is 0 Å². The molecule has 0 aliphatic heterocycles. The van der Waals surface area contributed by atoms with Gasteiger partial charge in [0.2, 0.25) is 0 Å². The second kappa shape index (κ2) is 3.32. The highest BCUT2D eigenvalue weighted by molar-refractivity contribution is 5.82. The van der Waals surface area contributed by atoms with Crippen LogP contribution in [-0.4, -0.2) is 23.3 Å². The Labute approximate surface area is 47.3 Å². The van der Waals surface area contributed by atoms with E-state index in [-0.39, 0.29) is 12.2 Å². The quantitative estimate of drug-likeness (QED) is 0.507. The van der Waals surface area contributed by atoms with Crippen LogP contribution in [-0.2, 0) is 9.59 Å². The molecule has 0 aromatic heterocycles. The number of aldehydes is 1. The van der Waals surface area contributed by atoms with Crippen LogP contribution in [0.15, 0.2) is 0 Å². The minimum absolute atomic E-state index is 0.0880. The van der Waals surface area contributed by atoms with E-state index in [0.29, 0.717) is 6.29 Å². The molecule has 8 heavy (non-hydrogen) atoms. The van der Waals surface area contributed by atoms with Gasteiger partial charge in [-0.05, 0) is 6.92 Å². The van der Waals surface area contributed by atoms with Gasteiger partial charge in [0, 0.05) is 6.42 Å². The molecule has 0 amide bonds. The number of aliphatic hydroxyl groups is 1. The summed E-state index contributed by atoms with van der Waals surface area (Å²) in [4.78, 5) is 19.7. The highest BCUT2D eigenvalue weighted by Crippen LogP contribution is 1.87. The first-order valence-electron chi connectivity index (χ1n) is 2.30. The molecule has 0 saturated heterocycles. The first kappa shape index (κ1) is 7.30. The average Bonchev–Trinajstić information content (AvgIpc) is 1.67. The van der Waals surface area contributed by atoms with E-state index in [2.05, 4.69) is 0 Å². The lowest BCUT2D eigenvalue weighted by atomic mass is 10.2. The molecule has 0 saturated carbocycles. The van der Waals surface area contributed by atoms with Gasteiger partial charge in [0.1, 0.15) is 12.4 Å². The number of carbonyl (C=O) groups is 2. The van der Waals surface area contributed by atoms with Gasteiger partial charge >= 0.3 is 0 Å². The molecule has 1 N–H and O–H groups in total. The SMILES string of the molecule is CC(=O)C(O)CC=O. The number of hydrogen-bond donors (Lipinski definition) is 1. The third kappa shape index (κ3) is 2.47. The van der Waals surface area contributed by atoms with Crippen LogP contribution in [0.5, 0.6) is 0 Å². The van der Waals surface area contributed by atoms with Crippen molar-refractivity contribution >= 4 is 12.1 Å². The Hall–Kier alpha value is -0.700. The first-order valence-corrected chi connectivity index (χ1v) is 2.30. The van der Waals surface area contributed by atoms with Crippen molar-refractivity contribution in [2.24, 2.45) is 0 Å². The fraction of sp³-hybridized carbons (Fsp3) is 0.600. The summed E-state index contributed by atoms with van der Waals surface area (Å²) < 4.78 is 0. The molecule has 3 heteroatoms. The molecule has 0 aromatic rings. The molecule has 0 radical (unpaired) electrons. The summed E-state index contributed by atoms with van der Waals surface area (Å²) in [6.45, 7) is 1.24. The lowest BCUT2D eigenvalue weighted by molar-refractivity contribution is -0.127. The summed E-state index contributed by atoms with van der Waals surface area (Å²) in [5, 5.41) is 8.55. The van der Waals surface area contributed by atoms with Crippen molar-refractivity contribution in [3.05, 3.63) is 0 Å². The lowest BCUT2D eigenvalue weighted by Crippen LogP contribution is -2.16. The molecular formula is C5H8O3. The van der Waals surface area contributed by atoms with Gasteiger partial charge in [-0.25, -0.2) is 0 Å². The Balaban J connectivity index is 3.46. The van der Waals surface area contributed by atoms with Gasteiger partial charge < -0.3 is 9.90 Å². The van der Waals surface area contributed by atoms with E-state index in [1.807, 2.05) is 0 Å². The molecule has 0 spiro atoms. The second-order valence-electron chi connectivity index (χ2n) is 1.53. The van der Waals surface area contributed by atoms with Crippen molar-refractivity contribution in [3.63, 3.8) is 0 Å². The van der Waals surface area contributed by atoms with E-state index in [1.165, 1.54) is 6.92 Å². The van der Waals surface area contributed by atoms with Crippen molar-refractivity contribution < 1.29 is 14.7 Å². The topological polar surface area (TPSA) is 54.4 Å². The summed E-state index contributed by atoms with van der Waals surface area (Å²) in [7, 11) is 0. The number of hydrogen-bond acceptors (Lipinski definition) is 3. The van der Waals surface area contributed by atoms with Gasteiger partial charge in [0.05, 0.1) is 0 Å². The van der Waals surface area contributed by atoms with Crippen molar-refractivity contribution in [2.45, 2.75) is 19.4 Å².